The number of hydrogen-bond acceptors (Lipinski definition) is 2. The third-order valence-corrected chi connectivity index (χ3v) is 2.53. The van der Waals surface area contributed by atoms with Crippen LogP contribution in [0.2, 0.25) is 0 Å². The Labute approximate surface area is 101 Å². The molecule has 2 amide bonds. The van der Waals surface area contributed by atoms with Crippen LogP contribution < -0.4 is 5.73 Å². The minimum atomic E-state index is -3.17. The molecule has 1 fully saturated rings. The zero-order chi connectivity index (χ0) is 17.5. The number of hydrogen-bond donors (Lipinski definition) is 1. The van der Waals surface area contributed by atoms with Crippen molar-refractivity contribution in [2.24, 2.45) is 11.7 Å². The molecule has 1 saturated heterocycles. The molecule has 2 N–H and O–H groups in total. The number of nitrogens with zero attached hydrogens (tertiary/aromatic N) is 1. The van der Waals surface area contributed by atoms with Crippen molar-refractivity contribution in [1.82, 2.24) is 4.90 Å². The smallest absolute Gasteiger partial charge is 0.240 e. The standard InChI is InChI=1S/C11H20N2O2/c1-3-5-8-6-10(14)13(7-8)9(4-2)11(12)15/h8-9H,3-7H2,1-2H3,(H2,12,15)/t8-,9-/m1/s1/i1D3,3D2,5D2. The maximum Gasteiger partial charge on any atom is 0.240 e. The maximum absolute atomic E-state index is 12.0. The van der Waals surface area contributed by atoms with E-state index in [1.54, 1.807) is 6.92 Å². The molecule has 4 nitrogen and oxygen atoms in total. The van der Waals surface area contributed by atoms with Gasteiger partial charge in [0.25, 0.3) is 0 Å². The van der Waals surface area contributed by atoms with Gasteiger partial charge in [0.1, 0.15) is 6.04 Å². The Morgan fingerprint density at radius 1 is 1.87 bits per heavy atom. The van der Waals surface area contributed by atoms with E-state index in [0.717, 1.165) is 4.90 Å². The second-order valence-corrected chi connectivity index (χ2v) is 3.54. The number of carbonyl (C=O) groups is 2. The minimum Gasteiger partial charge on any atom is -0.368 e. The summed E-state index contributed by atoms with van der Waals surface area (Å²) in [7, 11) is 0. The van der Waals surface area contributed by atoms with Gasteiger partial charge < -0.3 is 10.6 Å². The van der Waals surface area contributed by atoms with E-state index in [0.29, 0.717) is 0 Å². The van der Waals surface area contributed by atoms with Crippen LogP contribution in [0.1, 0.15) is 49.0 Å². The van der Waals surface area contributed by atoms with E-state index < -0.39 is 43.4 Å². The molecule has 0 spiro atoms. The van der Waals surface area contributed by atoms with Crippen molar-refractivity contribution in [2.75, 3.05) is 6.54 Å². The van der Waals surface area contributed by atoms with Crippen molar-refractivity contribution in [3.8, 4) is 0 Å². The average Bonchev–Trinajstić information content (AvgIpc) is 2.71. The van der Waals surface area contributed by atoms with E-state index in [-0.39, 0.29) is 19.4 Å². The SMILES string of the molecule is [2H]C([2H])([2H])C([2H])([2H])C([2H])([2H])[C@@H]1CC(=O)N([C@H](CC)C(N)=O)C1. The molecule has 4 heteroatoms. The predicted molar refractivity (Wildman–Crippen MR) is 58.0 cm³/mol. The quantitative estimate of drug-likeness (QED) is 0.746. The van der Waals surface area contributed by atoms with Gasteiger partial charge in [0.15, 0.2) is 0 Å². The highest BCUT2D eigenvalue weighted by Crippen LogP contribution is 2.24. The van der Waals surface area contributed by atoms with Gasteiger partial charge in [-0.3, -0.25) is 9.59 Å². The average molecular weight is 219 g/mol. The fourth-order valence-corrected chi connectivity index (χ4v) is 1.81. The Balaban J connectivity index is 3.06. The summed E-state index contributed by atoms with van der Waals surface area (Å²) < 4.78 is 52.6. The maximum atomic E-state index is 12.0. The van der Waals surface area contributed by atoms with E-state index in [1.807, 2.05) is 0 Å². The Morgan fingerprint density at radius 2 is 2.60 bits per heavy atom. The van der Waals surface area contributed by atoms with E-state index in [9.17, 15) is 9.59 Å². The number of likely N-dealkylation sites (tertiary alicyclic amines) is 1. The normalized spacial score (nSPS) is 32.9. The lowest BCUT2D eigenvalue weighted by molar-refractivity contribution is -0.136. The molecular formula is C11H20N2O2. The highest BCUT2D eigenvalue weighted by Gasteiger charge is 2.35. The molecular weight excluding hydrogens is 192 g/mol. The molecule has 1 rings (SSSR count). The topological polar surface area (TPSA) is 63.4 Å². The van der Waals surface area contributed by atoms with Gasteiger partial charge in [0.2, 0.25) is 11.8 Å². The molecule has 0 unspecified atom stereocenters. The third kappa shape index (κ3) is 2.70. The Kier molecular flexibility index (Phi) is 1.83. The molecule has 0 aromatic heterocycles. The second kappa shape index (κ2) is 5.14. The Bertz CT molecular complexity index is 464. The zero-order valence-electron chi connectivity index (χ0n) is 15.6. The molecule has 0 radical (unpaired) electrons. The molecule has 0 aliphatic carbocycles. The van der Waals surface area contributed by atoms with E-state index in [1.165, 1.54) is 0 Å². The van der Waals surface area contributed by atoms with Crippen molar-refractivity contribution >= 4 is 11.8 Å². The van der Waals surface area contributed by atoms with Crippen molar-refractivity contribution in [1.29, 1.82) is 0 Å². The summed E-state index contributed by atoms with van der Waals surface area (Å²) in [5.41, 5.74) is 5.21. The van der Waals surface area contributed by atoms with Crippen molar-refractivity contribution < 1.29 is 19.2 Å². The van der Waals surface area contributed by atoms with Crippen LogP contribution in [-0.4, -0.2) is 29.3 Å². The summed E-state index contributed by atoms with van der Waals surface area (Å²) in [6.07, 6.45) is -5.97. The van der Waals surface area contributed by atoms with E-state index >= 15 is 0 Å². The first-order chi connectivity index (χ1) is 9.77. The Morgan fingerprint density at radius 3 is 3.13 bits per heavy atom. The molecule has 1 heterocycles. The van der Waals surface area contributed by atoms with E-state index in [4.69, 9.17) is 15.3 Å². The summed E-state index contributed by atoms with van der Waals surface area (Å²) in [6, 6.07) is -0.896. The van der Waals surface area contributed by atoms with Gasteiger partial charge in [-0.25, -0.2) is 0 Å². The number of nitrogens with two attached hydrogens (primary N) is 1. The van der Waals surface area contributed by atoms with Gasteiger partial charge >= 0.3 is 0 Å². The Hall–Kier alpha value is -1.06. The molecule has 0 bridgehead atoms. The fourth-order valence-electron chi connectivity index (χ4n) is 1.81. The number of carbonyl (C=O) groups excluding carboxylic acids is 2. The van der Waals surface area contributed by atoms with Crippen LogP contribution in [0.15, 0.2) is 0 Å². The summed E-state index contributed by atoms with van der Waals surface area (Å²) in [5, 5.41) is 0. The van der Waals surface area contributed by atoms with Crippen molar-refractivity contribution in [2.45, 2.75) is 45.4 Å². The van der Waals surface area contributed by atoms with Gasteiger partial charge in [-0.05, 0) is 18.7 Å². The first-order valence-electron chi connectivity index (χ1n) is 8.36. The van der Waals surface area contributed by atoms with Crippen molar-refractivity contribution in [3.63, 3.8) is 0 Å². The van der Waals surface area contributed by atoms with E-state index in [2.05, 4.69) is 0 Å². The van der Waals surface area contributed by atoms with Crippen LogP contribution in [0.3, 0.4) is 0 Å². The minimum absolute atomic E-state index is 0.233. The lowest BCUT2D eigenvalue weighted by Crippen LogP contribution is -2.45. The molecule has 1 aliphatic heterocycles. The van der Waals surface area contributed by atoms with Crippen LogP contribution in [0.4, 0.5) is 0 Å². The van der Waals surface area contributed by atoms with Gasteiger partial charge in [0, 0.05) is 22.6 Å². The molecule has 2 atom stereocenters. The summed E-state index contributed by atoms with van der Waals surface area (Å²) in [4.78, 5) is 24.5. The van der Waals surface area contributed by atoms with Gasteiger partial charge in [-0.15, -0.1) is 0 Å². The molecule has 1 aliphatic rings. The molecule has 0 aromatic rings. The first kappa shape index (κ1) is 5.32. The third-order valence-electron chi connectivity index (χ3n) is 2.53. The zero-order valence-corrected chi connectivity index (χ0v) is 8.62. The van der Waals surface area contributed by atoms with Crippen LogP contribution in [0.5, 0.6) is 0 Å². The van der Waals surface area contributed by atoms with Crippen LogP contribution in [0, 0.1) is 5.92 Å². The fraction of sp³-hybridized carbons (Fsp3) is 0.818. The molecule has 0 aromatic carbocycles. The van der Waals surface area contributed by atoms with Crippen molar-refractivity contribution in [3.05, 3.63) is 0 Å². The highest BCUT2D eigenvalue weighted by atomic mass is 16.2. The lowest BCUT2D eigenvalue weighted by Gasteiger charge is -2.24. The molecule has 86 valence electrons. The van der Waals surface area contributed by atoms with Gasteiger partial charge in [-0.2, -0.15) is 0 Å². The number of amides is 2. The summed E-state index contributed by atoms with van der Waals surface area (Å²) in [5.74, 6) is -2.42. The summed E-state index contributed by atoms with van der Waals surface area (Å²) in [6.45, 7) is -1.75. The van der Waals surface area contributed by atoms with Gasteiger partial charge in [-0.1, -0.05) is 20.1 Å². The molecule has 15 heavy (non-hydrogen) atoms. The monoisotopic (exact) mass is 219 g/mol. The largest absolute Gasteiger partial charge is 0.368 e. The highest BCUT2D eigenvalue weighted by molar-refractivity contribution is 5.87. The number of primary amides is 1. The van der Waals surface area contributed by atoms with Crippen LogP contribution >= 0.6 is 0 Å². The summed E-state index contributed by atoms with van der Waals surface area (Å²) >= 11 is 0. The van der Waals surface area contributed by atoms with Crippen LogP contribution in [-0.2, 0) is 9.59 Å². The first-order valence-corrected chi connectivity index (χ1v) is 4.86. The molecule has 0 saturated carbocycles. The predicted octanol–water partition coefficient (Wildman–Crippen LogP) is 0.899. The number of rotatable bonds is 5. The second-order valence-electron chi connectivity index (χ2n) is 3.54. The van der Waals surface area contributed by atoms with Crippen LogP contribution in [0.25, 0.3) is 0 Å². The van der Waals surface area contributed by atoms with Gasteiger partial charge in [0.05, 0.1) is 0 Å². The lowest BCUT2D eigenvalue weighted by atomic mass is 10.0.